The van der Waals surface area contributed by atoms with Gasteiger partial charge in [-0.3, -0.25) is 9.59 Å². The molecule has 0 radical (unpaired) electrons. The molecule has 0 spiro atoms. The van der Waals surface area contributed by atoms with E-state index in [1.165, 1.54) is 6.42 Å². The number of hydrogen-bond acceptors (Lipinski definition) is 3. The summed E-state index contributed by atoms with van der Waals surface area (Å²) in [7, 11) is 0. The van der Waals surface area contributed by atoms with Crippen molar-refractivity contribution in [1.82, 2.24) is 10.6 Å². The molecule has 108 valence electrons. The van der Waals surface area contributed by atoms with Gasteiger partial charge in [0.2, 0.25) is 11.8 Å². The molecule has 1 unspecified atom stereocenters. The van der Waals surface area contributed by atoms with E-state index in [4.69, 9.17) is 5.73 Å². The van der Waals surface area contributed by atoms with Crippen molar-refractivity contribution in [1.29, 1.82) is 0 Å². The number of piperidine rings is 1. The van der Waals surface area contributed by atoms with E-state index < -0.39 is 0 Å². The molecule has 2 fully saturated rings. The van der Waals surface area contributed by atoms with Gasteiger partial charge < -0.3 is 16.4 Å². The molecule has 1 aliphatic heterocycles. The topological polar surface area (TPSA) is 84.2 Å². The van der Waals surface area contributed by atoms with E-state index in [9.17, 15) is 9.59 Å². The predicted molar refractivity (Wildman–Crippen MR) is 73.3 cm³/mol. The van der Waals surface area contributed by atoms with E-state index >= 15 is 0 Å². The van der Waals surface area contributed by atoms with Crippen molar-refractivity contribution in [2.75, 3.05) is 13.1 Å². The fourth-order valence-corrected chi connectivity index (χ4v) is 3.17. The highest BCUT2D eigenvalue weighted by atomic mass is 16.2. The first-order valence-corrected chi connectivity index (χ1v) is 7.44. The van der Waals surface area contributed by atoms with Gasteiger partial charge in [-0.15, -0.1) is 0 Å². The zero-order chi connectivity index (χ0) is 13.7. The molecule has 1 aliphatic carbocycles. The first kappa shape index (κ1) is 14.3. The summed E-state index contributed by atoms with van der Waals surface area (Å²) in [5, 5.41) is 6.44. The van der Waals surface area contributed by atoms with Gasteiger partial charge in [0.25, 0.3) is 0 Å². The second-order valence-electron chi connectivity index (χ2n) is 5.93. The van der Waals surface area contributed by atoms with Crippen LogP contribution in [-0.4, -0.2) is 30.9 Å². The van der Waals surface area contributed by atoms with Crippen molar-refractivity contribution in [3.8, 4) is 0 Å². The summed E-state index contributed by atoms with van der Waals surface area (Å²) >= 11 is 0. The Kier molecular flexibility index (Phi) is 5.19. The maximum atomic E-state index is 12.0. The van der Waals surface area contributed by atoms with Gasteiger partial charge in [-0.25, -0.2) is 0 Å². The molecule has 5 heteroatoms. The lowest BCUT2D eigenvalue weighted by Crippen LogP contribution is -2.41. The monoisotopic (exact) mass is 267 g/mol. The number of nitrogens with one attached hydrogen (secondary N) is 2. The van der Waals surface area contributed by atoms with Crippen molar-refractivity contribution < 1.29 is 9.59 Å². The Morgan fingerprint density at radius 3 is 2.47 bits per heavy atom. The summed E-state index contributed by atoms with van der Waals surface area (Å²) in [6.07, 6.45) is 6.32. The van der Waals surface area contributed by atoms with Crippen molar-refractivity contribution in [3.05, 3.63) is 0 Å². The normalized spacial score (nSPS) is 31.7. The second kappa shape index (κ2) is 6.89. The van der Waals surface area contributed by atoms with Crippen LogP contribution in [0.5, 0.6) is 0 Å². The molecule has 2 rings (SSSR count). The van der Waals surface area contributed by atoms with Crippen LogP contribution in [0.2, 0.25) is 0 Å². The van der Waals surface area contributed by atoms with Crippen LogP contribution < -0.4 is 16.4 Å². The van der Waals surface area contributed by atoms with Crippen molar-refractivity contribution >= 4 is 11.8 Å². The van der Waals surface area contributed by atoms with Crippen LogP contribution in [0, 0.1) is 11.8 Å². The SMILES string of the molecule is NC(=O)C1CCC(NC(=O)CC2CCCNC2)CC1. The molecule has 5 nitrogen and oxygen atoms in total. The lowest BCUT2D eigenvalue weighted by Gasteiger charge is -2.28. The third kappa shape index (κ3) is 4.49. The first-order chi connectivity index (χ1) is 9.15. The van der Waals surface area contributed by atoms with Gasteiger partial charge in [0, 0.05) is 18.4 Å². The average molecular weight is 267 g/mol. The molecule has 0 aromatic rings. The van der Waals surface area contributed by atoms with Crippen LogP contribution in [-0.2, 0) is 9.59 Å². The Hall–Kier alpha value is -1.10. The maximum Gasteiger partial charge on any atom is 0.220 e. The third-order valence-electron chi connectivity index (χ3n) is 4.37. The highest BCUT2D eigenvalue weighted by Crippen LogP contribution is 2.24. The van der Waals surface area contributed by atoms with Gasteiger partial charge in [0.05, 0.1) is 0 Å². The number of amides is 2. The standard InChI is InChI=1S/C14H25N3O2/c15-14(19)11-3-5-12(6-4-11)17-13(18)8-10-2-1-7-16-9-10/h10-12,16H,1-9H2,(H2,15,19)(H,17,18). The van der Waals surface area contributed by atoms with Gasteiger partial charge >= 0.3 is 0 Å². The number of nitrogens with two attached hydrogens (primary N) is 1. The number of hydrogen-bond donors (Lipinski definition) is 3. The van der Waals surface area contributed by atoms with E-state index in [-0.39, 0.29) is 23.8 Å². The molecule has 2 amide bonds. The molecule has 1 saturated heterocycles. The summed E-state index contributed by atoms with van der Waals surface area (Å²) in [4.78, 5) is 23.0. The Bertz CT molecular complexity index is 319. The summed E-state index contributed by atoms with van der Waals surface area (Å²) in [5.41, 5.74) is 5.30. The molecular weight excluding hydrogens is 242 g/mol. The fourth-order valence-electron chi connectivity index (χ4n) is 3.17. The van der Waals surface area contributed by atoms with E-state index in [0.29, 0.717) is 12.3 Å². The minimum absolute atomic E-state index is 0.00990. The van der Waals surface area contributed by atoms with E-state index in [0.717, 1.165) is 45.2 Å². The molecule has 0 aromatic heterocycles. The lowest BCUT2D eigenvalue weighted by molar-refractivity contribution is -0.123. The number of rotatable bonds is 4. The second-order valence-corrected chi connectivity index (χ2v) is 5.93. The number of carbonyl (C=O) groups excluding carboxylic acids is 2. The number of carbonyl (C=O) groups is 2. The van der Waals surface area contributed by atoms with Gasteiger partial charge in [-0.1, -0.05) is 0 Å². The Morgan fingerprint density at radius 2 is 1.89 bits per heavy atom. The fraction of sp³-hybridized carbons (Fsp3) is 0.857. The molecule has 1 heterocycles. The molecule has 0 bridgehead atoms. The Balaban J connectivity index is 1.67. The molecule has 0 aromatic carbocycles. The zero-order valence-electron chi connectivity index (χ0n) is 11.5. The van der Waals surface area contributed by atoms with E-state index in [1.807, 2.05) is 0 Å². The molecule has 1 saturated carbocycles. The molecular formula is C14H25N3O2. The highest BCUT2D eigenvalue weighted by molar-refractivity contribution is 5.77. The predicted octanol–water partition coefficient (Wildman–Crippen LogP) is 0.536. The van der Waals surface area contributed by atoms with Gasteiger partial charge in [0.1, 0.15) is 0 Å². The number of primary amides is 1. The summed E-state index contributed by atoms with van der Waals surface area (Å²) < 4.78 is 0. The van der Waals surface area contributed by atoms with Crippen molar-refractivity contribution in [2.45, 2.75) is 51.0 Å². The van der Waals surface area contributed by atoms with Crippen LogP contribution in [0.3, 0.4) is 0 Å². The van der Waals surface area contributed by atoms with Crippen LogP contribution in [0.4, 0.5) is 0 Å². The minimum atomic E-state index is -0.196. The smallest absolute Gasteiger partial charge is 0.220 e. The van der Waals surface area contributed by atoms with Gasteiger partial charge in [0.15, 0.2) is 0 Å². The quantitative estimate of drug-likeness (QED) is 0.695. The minimum Gasteiger partial charge on any atom is -0.369 e. The molecule has 4 N–H and O–H groups in total. The van der Waals surface area contributed by atoms with Gasteiger partial charge in [-0.2, -0.15) is 0 Å². The summed E-state index contributed by atoms with van der Waals surface area (Å²) in [5.74, 6) is 0.459. The first-order valence-electron chi connectivity index (χ1n) is 7.44. The molecule has 19 heavy (non-hydrogen) atoms. The van der Waals surface area contributed by atoms with Crippen LogP contribution in [0.25, 0.3) is 0 Å². The zero-order valence-corrected chi connectivity index (χ0v) is 11.5. The van der Waals surface area contributed by atoms with Crippen molar-refractivity contribution in [3.63, 3.8) is 0 Å². The van der Waals surface area contributed by atoms with Gasteiger partial charge in [-0.05, 0) is 57.5 Å². The summed E-state index contributed by atoms with van der Waals surface area (Å²) in [6.45, 7) is 2.04. The Morgan fingerprint density at radius 1 is 1.16 bits per heavy atom. The van der Waals surface area contributed by atoms with Crippen molar-refractivity contribution in [2.24, 2.45) is 17.6 Å². The molecule has 2 aliphatic rings. The average Bonchev–Trinajstić information content (AvgIpc) is 2.40. The summed E-state index contributed by atoms with van der Waals surface area (Å²) in [6, 6.07) is 0.236. The van der Waals surface area contributed by atoms with E-state index in [1.54, 1.807) is 0 Å². The maximum absolute atomic E-state index is 12.0. The van der Waals surface area contributed by atoms with E-state index in [2.05, 4.69) is 10.6 Å². The van der Waals surface area contributed by atoms with Crippen LogP contribution in [0.1, 0.15) is 44.9 Å². The van der Waals surface area contributed by atoms with Crippen LogP contribution >= 0.6 is 0 Å². The Labute approximate surface area is 114 Å². The largest absolute Gasteiger partial charge is 0.369 e. The lowest BCUT2D eigenvalue weighted by atomic mass is 9.85. The third-order valence-corrected chi connectivity index (χ3v) is 4.37. The molecule has 1 atom stereocenters. The highest BCUT2D eigenvalue weighted by Gasteiger charge is 2.26. The van der Waals surface area contributed by atoms with Crippen LogP contribution in [0.15, 0.2) is 0 Å².